The van der Waals surface area contributed by atoms with Gasteiger partial charge in [-0.3, -0.25) is 0 Å². The van der Waals surface area contributed by atoms with Gasteiger partial charge in [0.25, 0.3) is 0 Å². The van der Waals surface area contributed by atoms with Crippen LogP contribution in [0.15, 0.2) is 34.3 Å². The molecule has 0 heterocycles. The van der Waals surface area contributed by atoms with Crippen molar-refractivity contribution in [3.63, 3.8) is 0 Å². The number of benzene rings is 1. The summed E-state index contributed by atoms with van der Waals surface area (Å²) in [5, 5.41) is 3.80. The molecule has 4 heteroatoms. The fourth-order valence-electron chi connectivity index (χ4n) is 1.56. The second-order valence-corrected chi connectivity index (χ2v) is 5.63. The second-order valence-electron chi connectivity index (χ2n) is 4.37. The fourth-order valence-corrected chi connectivity index (χ4v) is 1.98. The molecule has 1 atom stereocenters. The van der Waals surface area contributed by atoms with Gasteiger partial charge in [0.05, 0.1) is 5.02 Å². The predicted octanol–water partition coefficient (Wildman–Crippen LogP) is 4.43. The highest BCUT2D eigenvalue weighted by atomic mass is 79.9. The van der Waals surface area contributed by atoms with Crippen molar-refractivity contribution in [3.05, 3.63) is 39.3 Å². The van der Waals surface area contributed by atoms with E-state index in [1.165, 1.54) is 5.57 Å². The number of halogens is 2. The summed E-state index contributed by atoms with van der Waals surface area (Å²) < 4.78 is 6.82. The molecular weight excluding hydrogens is 314 g/mol. The molecule has 0 saturated heterocycles. The van der Waals surface area contributed by atoms with Gasteiger partial charge in [0.1, 0.15) is 11.9 Å². The average Bonchev–Trinajstić information content (AvgIpc) is 2.30. The number of allylic oxidation sites excluding steroid dienone is 1. The van der Waals surface area contributed by atoms with E-state index in [0.29, 0.717) is 5.02 Å². The first-order valence-corrected chi connectivity index (χ1v) is 7.11. The molecule has 2 nitrogen and oxygen atoms in total. The van der Waals surface area contributed by atoms with Gasteiger partial charge in [-0.15, -0.1) is 0 Å². The van der Waals surface area contributed by atoms with Crippen LogP contribution in [0.1, 0.15) is 20.3 Å². The zero-order valence-corrected chi connectivity index (χ0v) is 13.3. The Kier molecular flexibility index (Phi) is 6.76. The molecule has 1 N–H and O–H groups in total. The Hall–Kier alpha value is -0.510. The summed E-state index contributed by atoms with van der Waals surface area (Å²) in [6.45, 7) is 5.06. The molecule has 0 radical (unpaired) electrons. The third-order valence-electron chi connectivity index (χ3n) is 2.38. The molecule has 0 aliphatic rings. The predicted molar refractivity (Wildman–Crippen MR) is 81.5 cm³/mol. The van der Waals surface area contributed by atoms with Gasteiger partial charge in [0, 0.05) is 10.9 Å². The lowest BCUT2D eigenvalue weighted by molar-refractivity contribution is 0.237. The van der Waals surface area contributed by atoms with E-state index in [2.05, 4.69) is 41.2 Å². The molecule has 0 fully saturated rings. The van der Waals surface area contributed by atoms with E-state index < -0.39 is 0 Å². The van der Waals surface area contributed by atoms with Gasteiger partial charge >= 0.3 is 0 Å². The molecule has 1 aromatic carbocycles. The van der Waals surface area contributed by atoms with Crippen LogP contribution in [0.2, 0.25) is 5.02 Å². The smallest absolute Gasteiger partial charge is 0.121 e. The lowest BCUT2D eigenvalue weighted by Crippen LogP contribution is -2.21. The Morgan fingerprint density at radius 2 is 2.22 bits per heavy atom. The molecule has 1 unspecified atom stereocenters. The Balaban J connectivity index is 2.75. The maximum atomic E-state index is 6.05. The summed E-state index contributed by atoms with van der Waals surface area (Å²) in [6, 6.07) is 5.65. The van der Waals surface area contributed by atoms with Gasteiger partial charge < -0.3 is 10.1 Å². The summed E-state index contributed by atoms with van der Waals surface area (Å²) in [5.74, 6) is 0.793. The zero-order valence-electron chi connectivity index (χ0n) is 11.0. The number of ether oxygens (including phenoxy) is 1. The van der Waals surface area contributed by atoms with Crippen LogP contribution in [0.3, 0.4) is 0 Å². The van der Waals surface area contributed by atoms with Crippen LogP contribution in [0.25, 0.3) is 0 Å². The zero-order chi connectivity index (χ0) is 13.5. The lowest BCUT2D eigenvalue weighted by atomic mass is 10.2. The normalized spacial score (nSPS) is 12.1. The Morgan fingerprint density at radius 3 is 2.78 bits per heavy atom. The van der Waals surface area contributed by atoms with E-state index in [4.69, 9.17) is 16.3 Å². The van der Waals surface area contributed by atoms with Gasteiger partial charge in [-0.05, 0) is 67.6 Å². The van der Waals surface area contributed by atoms with E-state index >= 15 is 0 Å². The minimum absolute atomic E-state index is 0.0692. The molecular formula is C14H19BrClNO. The maximum Gasteiger partial charge on any atom is 0.121 e. The van der Waals surface area contributed by atoms with E-state index in [1.54, 1.807) is 0 Å². The van der Waals surface area contributed by atoms with Gasteiger partial charge in [-0.25, -0.2) is 0 Å². The number of hydrogen-bond donors (Lipinski definition) is 1. The Bertz CT molecular complexity index is 416. The molecule has 100 valence electrons. The van der Waals surface area contributed by atoms with Gasteiger partial charge in [0.15, 0.2) is 0 Å². The summed E-state index contributed by atoms with van der Waals surface area (Å²) in [7, 11) is 1.94. The largest absolute Gasteiger partial charge is 0.486 e. The van der Waals surface area contributed by atoms with Gasteiger partial charge in [0.2, 0.25) is 0 Å². The summed E-state index contributed by atoms with van der Waals surface area (Å²) in [5.41, 5.74) is 1.25. The Labute approximate surface area is 122 Å². The molecule has 1 rings (SSSR count). The first kappa shape index (κ1) is 15.5. The maximum absolute atomic E-state index is 6.05. The molecule has 0 aliphatic carbocycles. The highest BCUT2D eigenvalue weighted by Crippen LogP contribution is 2.27. The van der Waals surface area contributed by atoms with E-state index in [-0.39, 0.29) is 6.10 Å². The van der Waals surface area contributed by atoms with Gasteiger partial charge in [-0.1, -0.05) is 17.2 Å². The topological polar surface area (TPSA) is 21.3 Å². The average molecular weight is 333 g/mol. The summed E-state index contributed by atoms with van der Waals surface area (Å²) in [4.78, 5) is 0. The van der Waals surface area contributed by atoms with Crippen LogP contribution < -0.4 is 10.1 Å². The van der Waals surface area contributed by atoms with Crippen LogP contribution in [-0.4, -0.2) is 19.7 Å². The molecule has 0 amide bonds. The van der Waals surface area contributed by atoms with E-state index in [0.717, 1.165) is 23.2 Å². The molecule has 0 bridgehead atoms. The van der Waals surface area contributed by atoms with Crippen LogP contribution >= 0.6 is 27.5 Å². The monoisotopic (exact) mass is 331 g/mol. The van der Waals surface area contributed by atoms with E-state index in [1.807, 2.05) is 25.2 Å². The highest BCUT2D eigenvalue weighted by molar-refractivity contribution is 9.10. The molecule has 0 spiro atoms. The van der Waals surface area contributed by atoms with Crippen molar-refractivity contribution in [3.8, 4) is 5.75 Å². The molecule has 1 aromatic rings. The quantitative estimate of drug-likeness (QED) is 0.778. The number of rotatable bonds is 6. The molecule has 0 aromatic heterocycles. The summed E-state index contributed by atoms with van der Waals surface area (Å²) >= 11 is 9.42. The SMILES string of the molecule is CNCCC(C=C(C)C)Oc1ccc(Br)c(Cl)c1. The molecule has 18 heavy (non-hydrogen) atoms. The van der Waals surface area contributed by atoms with Crippen LogP contribution in [-0.2, 0) is 0 Å². The van der Waals surface area contributed by atoms with Crippen molar-refractivity contribution < 1.29 is 4.74 Å². The van der Waals surface area contributed by atoms with E-state index in [9.17, 15) is 0 Å². The van der Waals surface area contributed by atoms with Crippen LogP contribution in [0, 0.1) is 0 Å². The van der Waals surface area contributed by atoms with Crippen molar-refractivity contribution in [1.82, 2.24) is 5.32 Å². The number of nitrogens with one attached hydrogen (secondary N) is 1. The lowest BCUT2D eigenvalue weighted by Gasteiger charge is -2.17. The fraction of sp³-hybridized carbons (Fsp3) is 0.429. The molecule has 0 aliphatic heterocycles. The second kappa shape index (κ2) is 7.82. The van der Waals surface area contributed by atoms with Crippen LogP contribution in [0.4, 0.5) is 0 Å². The first-order valence-electron chi connectivity index (χ1n) is 5.94. The summed E-state index contributed by atoms with van der Waals surface area (Å²) in [6.07, 6.45) is 3.13. The third kappa shape index (κ3) is 5.42. The molecule has 0 saturated carbocycles. The van der Waals surface area contributed by atoms with Crippen molar-refractivity contribution in [2.24, 2.45) is 0 Å². The van der Waals surface area contributed by atoms with Gasteiger partial charge in [-0.2, -0.15) is 0 Å². The standard InChI is InChI=1S/C14H19BrClNO/c1-10(2)8-12(6-7-17-3)18-11-4-5-13(15)14(16)9-11/h4-5,8-9,12,17H,6-7H2,1-3H3. The van der Waals surface area contributed by atoms with Crippen LogP contribution in [0.5, 0.6) is 5.75 Å². The van der Waals surface area contributed by atoms with Crippen molar-refractivity contribution in [2.75, 3.05) is 13.6 Å². The van der Waals surface area contributed by atoms with Crippen molar-refractivity contribution >= 4 is 27.5 Å². The Morgan fingerprint density at radius 1 is 1.50 bits per heavy atom. The minimum Gasteiger partial charge on any atom is -0.486 e. The van der Waals surface area contributed by atoms with Crippen molar-refractivity contribution in [1.29, 1.82) is 0 Å². The first-order chi connectivity index (χ1) is 8.52. The third-order valence-corrected chi connectivity index (χ3v) is 3.61. The number of hydrogen-bond acceptors (Lipinski definition) is 2. The van der Waals surface area contributed by atoms with Crippen molar-refractivity contribution in [2.45, 2.75) is 26.4 Å². The highest BCUT2D eigenvalue weighted by Gasteiger charge is 2.08. The minimum atomic E-state index is 0.0692.